The van der Waals surface area contributed by atoms with Crippen LogP contribution in [0.3, 0.4) is 0 Å². The molecule has 0 radical (unpaired) electrons. The molecule has 0 nitrogen and oxygen atoms in total. The molecule has 4 aromatic carbocycles. The summed E-state index contributed by atoms with van der Waals surface area (Å²) in [5.74, 6) is 0.522. The predicted molar refractivity (Wildman–Crippen MR) is 254 cm³/mol. The van der Waals surface area contributed by atoms with Crippen LogP contribution in [0.1, 0.15) is 158 Å². The molecule has 0 aliphatic heterocycles. The molecule has 0 heterocycles. The fourth-order valence-electron chi connectivity index (χ4n) is 6.50. The predicted octanol–water partition coefficient (Wildman–Crippen LogP) is 15.8. The monoisotopic (exact) mass is 882 g/mol. The molecule has 0 amide bonds. The van der Waals surface area contributed by atoms with Crippen LogP contribution in [-0.4, -0.2) is 4.21 Å². The van der Waals surface area contributed by atoms with Gasteiger partial charge in [-0.2, -0.15) is 113 Å². The summed E-state index contributed by atoms with van der Waals surface area (Å²) in [5.41, 5.74) is 15.3. The summed E-state index contributed by atoms with van der Waals surface area (Å²) in [4.78, 5) is 0. The van der Waals surface area contributed by atoms with Crippen molar-refractivity contribution in [3.8, 4) is 11.1 Å². The molecule has 0 N–H and O–H groups in total. The van der Waals surface area contributed by atoms with Crippen LogP contribution < -0.4 is 0 Å². The Morgan fingerprint density at radius 1 is 0.579 bits per heavy atom. The van der Waals surface area contributed by atoms with Gasteiger partial charge in [-0.25, -0.2) is 5.57 Å². The van der Waals surface area contributed by atoms with Gasteiger partial charge in [0.15, 0.2) is 0 Å². The van der Waals surface area contributed by atoms with Gasteiger partial charge in [0.25, 0.3) is 0 Å². The molecule has 0 fully saturated rings. The van der Waals surface area contributed by atoms with Crippen molar-refractivity contribution < 1.29 is 24.2 Å². The molecule has 0 saturated heterocycles. The van der Waals surface area contributed by atoms with Gasteiger partial charge in [0, 0.05) is 0 Å². The van der Waals surface area contributed by atoms with Crippen LogP contribution in [0.15, 0.2) is 96.1 Å². The van der Waals surface area contributed by atoms with Gasteiger partial charge in [0.1, 0.15) is 0 Å². The topological polar surface area (TPSA) is 0 Å². The Hall–Kier alpha value is -2.31. The van der Waals surface area contributed by atoms with Gasteiger partial charge >= 0.3 is 28.4 Å². The maximum absolute atomic E-state index is 3.53. The zero-order chi connectivity index (χ0) is 42.0. The molecule has 4 aromatic rings. The van der Waals surface area contributed by atoms with Gasteiger partial charge in [-0.1, -0.05) is 170 Å². The molecule has 57 heavy (non-hydrogen) atoms. The molecular weight excluding hydrogens is 811 g/mol. The quantitative estimate of drug-likeness (QED) is 0.147. The fraction of sp³-hybridized carbons (Fsp3) is 0.463. The zero-order valence-corrected chi connectivity index (χ0v) is 42.7. The Morgan fingerprint density at radius 3 is 1.35 bits per heavy atom. The molecule has 0 aromatic heterocycles. The van der Waals surface area contributed by atoms with E-state index in [0.717, 1.165) is 12.8 Å². The molecule has 1 atom stereocenters. The van der Waals surface area contributed by atoms with Gasteiger partial charge in [-0.15, -0.1) is 30.4 Å². The first-order valence-corrected chi connectivity index (χ1v) is 21.9. The van der Waals surface area contributed by atoms with Crippen molar-refractivity contribution in [2.24, 2.45) is 11.3 Å². The third-order valence-electron chi connectivity index (χ3n) is 10.00. The molecule has 0 bridgehead atoms. The summed E-state index contributed by atoms with van der Waals surface area (Å²) in [6.45, 7) is 38.1. The summed E-state index contributed by atoms with van der Waals surface area (Å²) in [7, 11) is 0. The Bertz CT molecular complexity index is 1740. The number of rotatable bonds is 1. The SMILES string of the molecule is CC(C)(C)c1c[c-]c2c(c1)-c1cc(C(C)(C)C)ccc1C2.CC(C)(C)c1cc[c-]cc1.CC(C)(C)c1cc[c-]cc1.CCC1=[C-]C(C)C=C1C(C)(C)C.Cl.Cl.[CH2]=[Zr]. The summed E-state index contributed by atoms with van der Waals surface area (Å²) in [5, 5.41) is 0. The summed E-state index contributed by atoms with van der Waals surface area (Å²) >= 11 is 1.30. The van der Waals surface area contributed by atoms with Crippen LogP contribution in [0.2, 0.25) is 0 Å². The van der Waals surface area contributed by atoms with Gasteiger partial charge in [-0.05, 0) is 28.2 Å². The van der Waals surface area contributed by atoms with Crippen LogP contribution in [0.4, 0.5) is 0 Å². The van der Waals surface area contributed by atoms with Crippen molar-refractivity contribution in [1.29, 1.82) is 0 Å². The van der Waals surface area contributed by atoms with E-state index in [9.17, 15) is 0 Å². The maximum atomic E-state index is 3.53. The fourth-order valence-corrected chi connectivity index (χ4v) is 6.50. The van der Waals surface area contributed by atoms with Crippen LogP contribution >= 0.6 is 24.8 Å². The van der Waals surface area contributed by atoms with Crippen molar-refractivity contribution in [3.63, 3.8) is 0 Å². The van der Waals surface area contributed by atoms with E-state index >= 15 is 0 Å². The normalized spacial score (nSPS) is 14.3. The van der Waals surface area contributed by atoms with Gasteiger partial charge in [-0.3, -0.25) is 6.08 Å². The van der Waals surface area contributed by atoms with E-state index < -0.39 is 0 Å². The third-order valence-corrected chi connectivity index (χ3v) is 10.00. The van der Waals surface area contributed by atoms with Crippen molar-refractivity contribution in [3.05, 3.63) is 154 Å². The zero-order valence-electron chi connectivity index (χ0n) is 38.6. The van der Waals surface area contributed by atoms with Crippen LogP contribution in [0.25, 0.3) is 11.1 Å². The van der Waals surface area contributed by atoms with E-state index in [1.165, 1.54) is 79.9 Å². The van der Waals surface area contributed by atoms with Gasteiger partial charge in [0.2, 0.25) is 0 Å². The van der Waals surface area contributed by atoms with Crippen LogP contribution in [-0.2, 0) is 52.3 Å². The number of fused-ring (bicyclic) bond motifs is 3. The first-order chi connectivity index (χ1) is 25.3. The number of allylic oxidation sites excluding steroid dienone is 4. The number of hydrogen-bond donors (Lipinski definition) is 0. The first kappa shape index (κ1) is 54.7. The summed E-state index contributed by atoms with van der Waals surface area (Å²) in [6.07, 6.45) is 7.98. The molecule has 3 heteroatoms. The molecular formula is C54H74Cl2Zr-4. The van der Waals surface area contributed by atoms with Gasteiger partial charge < -0.3 is 0 Å². The second kappa shape index (κ2) is 22.9. The number of hydrogen-bond acceptors (Lipinski definition) is 0. The molecule has 2 aliphatic rings. The molecule has 0 saturated carbocycles. The minimum absolute atomic E-state index is 0. The van der Waals surface area contributed by atoms with Crippen molar-refractivity contribution in [2.45, 2.75) is 152 Å². The minimum atomic E-state index is 0. The van der Waals surface area contributed by atoms with E-state index in [4.69, 9.17) is 0 Å². The number of benzene rings is 4. The standard InChI is InChI=1S/C21H25.C12H19.2C10H13.CH2.2ClH.Zr/c1-20(2,3)16-9-7-14-11-15-8-10-17(21(4,5)6)13-19(15)18(14)12-16;1-6-10-7-9(2)8-11(10)12(3,4)5;2*1-10(2,3)9-7-5-4-6-8-9;;;;/h7,9-10,12-13H,11H2,1-6H3;8-9H,6H2,1-5H3;2*5-8H,1-3H3;1H2;2*1H;/q4*-1;;;;. The average molecular weight is 885 g/mol. The van der Waals surface area contributed by atoms with Crippen molar-refractivity contribution >= 4 is 29.0 Å². The van der Waals surface area contributed by atoms with E-state index in [-0.39, 0.29) is 46.5 Å². The second-order valence-electron chi connectivity index (χ2n) is 20.0. The average Bonchev–Trinajstić information content (AvgIpc) is 3.69. The van der Waals surface area contributed by atoms with Crippen molar-refractivity contribution in [1.82, 2.24) is 0 Å². The van der Waals surface area contributed by atoms with E-state index in [0.29, 0.717) is 11.3 Å². The van der Waals surface area contributed by atoms with E-state index in [2.05, 4.69) is 207 Å². The van der Waals surface area contributed by atoms with E-state index in [1.807, 2.05) is 24.3 Å². The second-order valence-corrected chi connectivity index (χ2v) is 20.0. The van der Waals surface area contributed by atoms with Crippen LogP contribution in [0.5, 0.6) is 0 Å². The summed E-state index contributed by atoms with van der Waals surface area (Å²) < 4.78 is 3.34. The molecule has 1 unspecified atom stereocenters. The molecule has 0 spiro atoms. The Balaban J connectivity index is 0.000000756. The Labute approximate surface area is 379 Å². The Morgan fingerprint density at radius 2 is 1.00 bits per heavy atom. The van der Waals surface area contributed by atoms with E-state index in [1.54, 1.807) is 0 Å². The number of halogens is 2. The molecule has 6 rings (SSSR count). The van der Waals surface area contributed by atoms with Gasteiger partial charge in [0.05, 0.1) is 0 Å². The van der Waals surface area contributed by atoms with Crippen LogP contribution in [0, 0.1) is 35.6 Å². The first-order valence-electron chi connectivity index (χ1n) is 20.1. The molecule has 2 aliphatic carbocycles. The molecule has 312 valence electrons. The van der Waals surface area contributed by atoms with Crippen molar-refractivity contribution in [2.75, 3.05) is 0 Å². The Kier molecular flexibility index (Phi) is 22.0. The third kappa shape index (κ3) is 17.1. The summed E-state index contributed by atoms with van der Waals surface area (Å²) in [6, 6.07) is 37.4.